The summed E-state index contributed by atoms with van der Waals surface area (Å²) in [6, 6.07) is 15.4. The molecular weight excluding hydrogens is 290 g/mol. The van der Waals surface area contributed by atoms with Crippen LogP contribution in [-0.4, -0.2) is 12.2 Å². The molecule has 0 aliphatic carbocycles. The lowest BCUT2D eigenvalue weighted by atomic mass is 10.1. The first-order valence-corrected chi connectivity index (χ1v) is 7.97. The van der Waals surface area contributed by atoms with Gasteiger partial charge in [0.05, 0.1) is 5.69 Å². The van der Waals surface area contributed by atoms with E-state index in [1.54, 1.807) is 11.8 Å². The van der Waals surface area contributed by atoms with Crippen LogP contribution < -0.4 is 5.32 Å². The minimum absolute atomic E-state index is 0.00594. The molecule has 0 atom stereocenters. The van der Waals surface area contributed by atoms with Crippen molar-refractivity contribution < 1.29 is 4.79 Å². The Bertz CT molecular complexity index is 601. The number of aryl methyl sites for hydroxylation is 1. The zero-order valence-corrected chi connectivity index (χ0v) is 12.8. The van der Waals surface area contributed by atoms with Crippen molar-refractivity contribution in [3.05, 3.63) is 59.1 Å². The van der Waals surface area contributed by atoms with Gasteiger partial charge in [0.15, 0.2) is 0 Å². The average Bonchev–Trinajstić information content (AvgIpc) is 2.47. The van der Waals surface area contributed by atoms with Gasteiger partial charge in [-0.1, -0.05) is 41.9 Å². The fourth-order valence-electron chi connectivity index (χ4n) is 1.91. The number of benzene rings is 2. The Hall–Kier alpha value is -1.45. The van der Waals surface area contributed by atoms with E-state index in [9.17, 15) is 4.79 Å². The molecule has 2 rings (SSSR count). The van der Waals surface area contributed by atoms with Gasteiger partial charge in [-0.2, -0.15) is 0 Å². The van der Waals surface area contributed by atoms with Crippen molar-refractivity contribution in [1.29, 1.82) is 0 Å². The Morgan fingerprint density at radius 3 is 2.60 bits per heavy atom. The van der Waals surface area contributed by atoms with Crippen LogP contribution in [0.25, 0.3) is 0 Å². The number of thioether (sulfide) groups is 1. The number of hydrogen-bond acceptors (Lipinski definition) is 2. The fraction of sp³-hybridized carbons (Fsp3) is 0.188. The summed E-state index contributed by atoms with van der Waals surface area (Å²) in [5.74, 6) is 0.00594. The average molecular weight is 306 g/mol. The van der Waals surface area contributed by atoms with Crippen LogP contribution in [0, 0.1) is 0 Å². The van der Waals surface area contributed by atoms with E-state index < -0.39 is 0 Å². The molecule has 20 heavy (non-hydrogen) atoms. The summed E-state index contributed by atoms with van der Waals surface area (Å²) in [5.41, 5.74) is 1.87. The van der Waals surface area contributed by atoms with Crippen LogP contribution in [0.3, 0.4) is 0 Å². The second-order valence-electron chi connectivity index (χ2n) is 4.34. The summed E-state index contributed by atoms with van der Waals surface area (Å²) in [6.07, 6.45) is 3.06. The molecule has 0 aliphatic rings. The van der Waals surface area contributed by atoms with Gasteiger partial charge in [-0.25, -0.2) is 0 Å². The smallest absolute Gasteiger partial charge is 0.224 e. The number of carbonyl (C=O) groups is 1. The van der Waals surface area contributed by atoms with Crippen molar-refractivity contribution in [2.45, 2.75) is 17.7 Å². The summed E-state index contributed by atoms with van der Waals surface area (Å²) in [7, 11) is 0. The molecule has 0 fully saturated rings. The lowest BCUT2D eigenvalue weighted by Crippen LogP contribution is -2.13. The van der Waals surface area contributed by atoms with Crippen molar-refractivity contribution in [1.82, 2.24) is 0 Å². The number of hydrogen-bond donors (Lipinski definition) is 1. The van der Waals surface area contributed by atoms with Gasteiger partial charge >= 0.3 is 0 Å². The number of halogens is 1. The Morgan fingerprint density at radius 2 is 1.85 bits per heavy atom. The molecule has 0 aromatic heterocycles. The van der Waals surface area contributed by atoms with E-state index in [-0.39, 0.29) is 5.91 Å². The maximum absolute atomic E-state index is 12.0. The standard InChI is InChI=1S/C16H16ClNOS/c1-20-15-9-5-4-8-14(15)18-16(19)11-10-12-6-2-3-7-13(12)17/h2-9H,10-11H2,1H3,(H,18,19). The van der Waals surface area contributed by atoms with Crippen LogP contribution in [-0.2, 0) is 11.2 Å². The first kappa shape index (κ1) is 14.9. The van der Waals surface area contributed by atoms with Gasteiger partial charge in [-0.15, -0.1) is 11.8 Å². The van der Waals surface area contributed by atoms with Gasteiger partial charge in [-0.3, -0.25) is 4.79 Å². The molecule has 0 radical (unpaired) electrons. The fourth-order valence-corrected chi connectivity index (χ4v) is 2.69. The monoisotopic (exact) mass is 305 g/mol. The second kappa shape index (κ2) is 7.36. The molecule has 0 aliphatic heterocycles. The molecule has 1 amide bonds. The topological polar surface area (TPSA) is 29.1 Å². The maximum atomic E-state index is 12.0. The zero-order valence-electron chi connectivity index (χ0n) is 11.2. The lowest BCUT2D eigenvalue weighted by molar-refractivity contribution is -0.116. The molecule has 0 spiro atoms. The first-order valence-electron chi connectivity index (χ1n) is 6.37. The number of nitrogens with one attached hydrogen (secondary N) is 1. The number of rotatable bonds is 5. The molecule has 104 valence electrons. The summed E-state index contributed by atoms with van der Waals surface area (Å²) in [4.78, 5) is 13.1. The molecule has 2 aromatic rings. The van der Waals surface area contributed by atoms with Crippen LogP contribution in [0.15, 0.2) is 53.4 Å². The van der Waals surface area contributed by atoms with Crippen molar-refractivity contribution in [2.24, 2.45) is 0 Å². The predicted molar refractivity (Wildman–Crippen MR) is 86.6 cm³/mol. The molecule has 1 N–H and O–H groups in total. The largest absolute Gasteiger partial charge is 0.325 e. The highest BCUT2D eigenvalue weighted by molar-refractivity contribution is 7.98. The lowest BCUT2D eigenvalue weighted by Gasteiger charge is -2.09. The second-order valence-corrected chi connectivity index (χ2v) is 5.60. The van der Waals surface area contributed by atoms with E-state index in [0.29, 0.717) is 17.9 Å². The molecule has 0 saturated heterocycles. The molecule has 0 saturated carbocycles. The number of amides is 1. The van der Waals surface area contributed by atoms with E-state index in [1.165, 1.54) is 0 Å². The number of carbonyl (C=O) groups excluding carboxylic acids is 1. The number of para-hydroxylation sites is 1. The van der Waals surface area contributed by atoms with Gasteiger partial charge in [0.2, 0.25) is 5.91 Å². The van der Waals surface area contributed by atoms with E-state index in [2.05, 4.69) is 5.32 Å². The molecule has 0 heterocycles. The number of anilines is 1. The van der Waals surface area contributed by atoms with E-state index in [0.717, 1.165) is 16.1 Å². The van der Waals surface area contributed by atoms with Gasteiger partial charge in [0.25, 0.3) is 0 Å². The maximum Gasteiger partial charge on any atom is 0.224 e. The van der Waals surface area contributed by atoms with Crippen LogP contribution >= 0.6 is 23.4 Å². The van der Waals surface area contributed by atoms with E-state index in [1.807, 2.05) is 54.8 Å². The van der Waals surface area contributed by atoms with Crippen LogP contribution in [0.1, 0.15) is 12.0 Å². The normalized spacial score (nSPS) is 10.3. The van der Waals surface area contributed by atoms with E-state index in [4.69, 9.17) is 11.6 Å². The SMILES string of the molecule is CSc1ccccc1NC(=O)CCc1ccccc1Cl. The van der Waals surface area contributed by atoms with Crippen molar-refractivity contribution in [3.8, 4) is 0 Å². The molecule has 0 bridgehead atoms. The predicted octanol–water partition coefficient (Wildman–Crippen LogP) is 4.63. The highest BCUT2D eigenvalue weighted by Crippen LogP contribution is 2.25. The van der Waals surface area contributed by atoms with Gasteiger partial charge in [-0.05, 0) is 36.4 Å². The van der Waals surface area contributed by atoms with Crippen LogP contribution in [0.2, 0.25) is 5.02 Å². The highest BCUT2D eigenvalue weighted by atomic mass is 35.5. The minimum Gasteiger partial charge on any atom is -0.325 e. The quantitative estimate of drug-likeness (QED) is 0.816. The Labute approximate surface area is 128 Å². The summed E-state index contributed by atoms with van der Waals surface area (Å²) < 4.78 is 0. The molecule has 4 heteroatoms. The van der Waals surface area contributed by atoms with Gasteiger partial charge in [0, 0.05) is 16.3 Å². The van der Waals surface area contributed by atoms with Gasteiger partial charge in [0.1, 0.15) is 0 Å². The summed E-state index contributed by atoms with van der Waals surface area (Å²) in [6.45, 7) is 0. The van der Waals surface area contributed by atoms with E-state index >= 15 is 0 Å². The first-order chi connectivity index (χ1) is 9.70. The van der Waals surface area contributed by atoms with Crippen molar-refractivity contribution >= 4 is 35.0 Å². The molecule has 2 aromatic carbocycles. The summed E-state index contributed by atoms with van der Waals surface area (Å²) in [5, 5.41) is 3.66. The third-order valence-electron chi connectivity index (χ3n) is 2.96. The Morgan fingerprint density at radius 1 is 1.15 bits per heavy atom. The molecule has 2 nitrogen and oxygen atoms in total. The third-order valence-corrected chi connectivity index (χ3v) is 4.12. The van der Waals surface area contributed by atoms with Crippen molar-refractivity contribution in [2.75, 3.05) is 11.6 Å². The summed E-state index contributed by atoms with van der Waals surface area (Å²) >= 11 is 7.70. The highest BCUT2D eigenvalue weighted by Gasteiger charge is 2.07. The van der Waals surface area contributed by atoms with Crippen LogP contribution in [0.4, 0.5) is 5.69 Å². The zero-order chi connectivity index (χ0) is 14.4. The molecular formula is C16H16ClNOS. The third kappa shape index (κ3) is 4.02. The molecule has 0 unspecified atom stereocenters. The van der Waals surface area contributed by atoms with Crippen molar-refractivity contribution in [3.63, 3.8) is 0 Å². The Kier molecular flexibility index (Phi) is 5.50. The van der Waals surface area contributed by atoms with Crippen LogP contribution in [0.5, 0.6) is 0 Å². The van der Waals surface area contributed by atoms with Gasteiger partial charge < -0.3 is 5.32 Å². The minimum atomic E-state index is 0.00594. The Balaban J connectivity index is 1.95.